The number of hydrogen-bond acceptors (Lipinski definition) is 7. The van der Waals surface area contributed by atoms with Crippen LogP contribution in [0.3, 0.4) is 0 Å². The summed E-state index contributed by atoms with van der Waals surface area (Å²) >= 11 is 0. The zero-order chi connectivity index (χ0) is 22.1. The molecule has 1 aliphatic carbocycles. The lowest BCUT2D eigenvalue weighted by molar-refractivity contribution is -0.121. The average Bonchev–Trinajstić information content (AvgIpc) is 2.78. The van der Waals surface area contributed by atoms with E-state index in [0.29, 0.717) is 30.5 Å². The maximum absolute atomic E-state index is 12.9. The minimum Gasteiger partial charge on any atom is -0.486 e. The van der Waals surface area contributed by atoms with Crippen LogP contribution in [-0.2, 0) is 17.6 Å². The van der Waals surface area contributed by atoms with Gasteiger partial charge in [-0.25, -0.2) is 15.0 Å². The van der Waals surface area contributed by atoms with Gasteiger partial charge >= 0.3 is 0 Å². The van der Waals surface area contributed by atoms with Gasteiger partial charge < -0.3 is 14.8 Å². The Morgan fingerprint density at radius 2 is 1.97 bits per heavy atom. The van der Waals surface area contributed by atoms with Crippen molar-refractivity contribution in [1.82, 2.24) is 25.3 Å². The van der Waals surface area contributed by atoms with E-state index < -0.39 is 0 Å². The molecule has 2 aliphatic rings. The van der Waals surface area contributed by atoms with E-state index in [9.17, 15) is 4.79 Å². The third-order valence-corrected chi connectivity index (χ3v) is 5.78. The number of amides is 1. The number of nitrogens with zero attached hydrogens (tertiary/aromatic N) is 4. The minimum atomic E-state index is -0.144. The van der Waals surface area contributed by atoms with Gasteiger partial charge in [-0.15, -0.1) is 0 Å². The number of rotatable bonds is 4. The van der Waals surface area contributed by atoms with Gasteiger partial charge in [-0.3, -0.25) is 9.78 Å². The van der Waals surface area contributed by atoms with E-state index in [0.717, 1.165) is 35.4 Å². The monoisotopic (exact) mass is 431 g/mol. The van der Waals surface area contributed by atoms with E-state index in [1.807, 2.05) is 24.4 Å². The normalized spacial score (nSPS) is 18.5. The average molecular weight is 431 g/mol. The third kappa shape index (κ3) is 4.26. The lowest BCUT2D eigenvalue weighted by atomic mass is 9.74. The predicted octanol–water partition coefficient (Wildman–Crippen LogP) is 3.08. The van der Waals surface area contributed by atoms with Gasteiger partial charge in [0.25, 0.3) is 0 Å². The van der Waals surface area contributed by atoms with Crippen LogP contribution < -0.4 is 14.8 Å². The van der Waals surface area contributed by atoms with Crippen LogP contribution in [0.4, 0.5) is 0 Å². The van der Waals surface area contributed by atoms with Crippen LogP contribution in [0.15, 0.2) is 43.0 Å². The van der Waals surface area contributed by atoms with Crippen LogP contribution in [0.2, 0.25) is 0 Å². The Balaban J connectivity index is 1.35. The molecule has 5 rings (SSSR count). The smallest absolute Gasteiger partial charge is 0.224 e. The highest BCUT2D eigenvalue weighted by Gasteiger charge is 2.34. The second-order valence-corrected chi connectivity index (χ2v) is 9.01. The fourth-order valence-corrected chi connectivity index (χ4v) is 4.34. The van der Waals surface area contributed by atoms with Crippen LogP contribution in [0.1, 0.15) is 43.1 Å². The van der Waals surface area contributed by atoms with Crippen molar-refractivity contribution in [3.05, 3.63) is 59.8 Å². The van der Waals surface area contributed by atoms with Crippen molar-refractivity contribution in [2.45, 2.75) is 39.2 Å². The van der Waals surface area contributed by atoms with Crippen molar-refractivity contribution in [1.29, 1.82) is 0 Å². The molecule has 1 atom stereocenters. The standard InChI is InChI=1S/C24H25N5O3/c1-24(2)11-17(16-13-27-23(29-18(16)12-24)19-14-25-5-6-26-19)28-22(30)10-15-3-4-20-21(9-15)32-8-7-31-20/h3-6,9,13-14,17H,7-8,10-12H2,1-2H3,(H,28,30). The Morgan fingerprint density at radius 1 is 1.12 bits per heavy atom. The zero-order valence-corrected chi connectivity index (χ0v) is 18.2. The van der Waals surface area contributed by atoms with Crippen molar-refractivity contribution in [3.8, 4) is 23.0 Å². The number of ether oxygens (including phenoxy) is 2. The maximum Gasteiger partial charge on any atom is 0.224 e. The first kappa shape index (κ1) is 20.4. The molecule has 0 fully saturated rings. The predicted molar refractivity (Wildman–Crippen MR) is 117 cm³/mol. The summed E-state index contributed by atoms with van der Waals surface area (Å²) in [7, 11) is 0. The van der Waals surface area contributed by atoms with Crippen LogP contribution in [0.25, 0.3) is 11.5 Å². The third-order valence-electron chi connectivity index (χ3n) is 5.78. The number of hydrogen-bond donors (Lipinski definition) is 1. The van der Waals surface area contributed by atoms with Crippen LogP contribution in [0.5, 0.6) is 11.5 Å². The fraction of sp³-hybridized carbons (Fsp3) is 0.375. The number of benzene rings is 1. The molecule has 8 nitrogen and oxygen atoms in total. The Kier molecular flexibility index (Phi) is 5.20. The van der Waals surface area contributed by atoms with Crippen molar-refractivity contribution in [3.63, 3.8) is 0 Å². The second-order valence-electron chi connectivity index (χ2n) is 9.01. The van der Waals surface area contributed by atoms with Gasteiger partial charge in [-0.1, -0.05) is 19.9 Å². The van der Waals surface area contributed by atoms with E-state index in [4.69, 9.17) is 14.5 Å². The molecule has 1 aliphatic heterocycles. The largest absolute Gasteiger partial charge is 0.486 e. The molecular formula is C24H25N5O3. The number of carbonyl (C=O) groups excluding carboxylic acids is 1. The van der Waals surface area contributed by atoms with E-state index in [1.165, 1.54) is 0 Å². The molecule has 164 valence electrons. The molecule has 8 heteroatoms. The first-order valence-corrected chi connectivity index (χ1v) is 10.8. The number of carbonyl (C=O) groups is 1. The zero-order valence-electron chi connectivity index (χ0n) is 18.2. The molecule has 3 heterocycles. The topological polar surface area (TPSA) is 99.1 Å². The highest BCUT2D eigenvalue weighted by Crippen LogP contribution is 2.40. The molecule has 2 aromatic heterocycles. The first-order valence-electron chi connectivity index (χ1n) is 10.8. The molecule has 0 radical (unpaired) electrons. The van der Waals surface area contributed by atoms with Gasteiger partial charge in [0.15, 0.2) is 17.3 Å². The first-order chi connectivity index (χ1) is 15.5. The summed E-state index contributed by atoms with van der Waals surface area (Å²) in [5.41, 5.74) is 3.43. The summed E-state index contributed by atoms with van der Waals surface area (Å²) in [6.45, 7) is 5.46. The van der Waals surface area contributed by atoms with Crippen molar-refractivity contribution in [2.24, 2.45) is 5.41 Å². The Hall–Kier alpha value is -3.55. The van der Waals surface area contributed by atoms with Crippen LogP contribution in [0, 0.1) is 5.41 Å². The molecule has 3 aromatic rings. The lowest BCUT2D eigenvalue weighted by Gasteiger charge is -2.36. The SMILES string of the molecule is CC1(C)Cc2nc(-c3cnccn3)ncc2C(NC(=O)Cc2ccc3c(c2)OCCO3)C1. The van der Waals surface area contributed by atoms with Gasteiger partial charge in [-0.05, 0) is 36.0 Å². The molecule has 0 saturated heterocycles. The highest BCUT2D eigenvalue weighted by molar-refractivity contribution is 5.79. The fourth-order valence-electron chi connectivity index (χ4n) is 4.34. The summed E-state index contributed by atoms with van der Waals surface area (Å²) in [5.74, 6) is 1.92. The number of nitrogens with one attached hydrogen (secondary N) is 1. The van der Waals surface area contributed by atoms with Gasteiger partial charge in [0, 0.05) is 24.2 Å². The molecule has 0 bridgehead atoms. The maximum atomic E-state index is 12.9. The minimum absolute atomic E-state index is 0.00403. The van der Waals surface area contributed by atoms with Crippen LogP contribution in [-0.4, -0.2) is 39.1 Å². The van der Waals surface area contributed by atoms with Crippen LogP contribution >= 0.6 is 0 Å². The Morgan fingerprint density at radius 3 is 2.78 bits per heavy atom. The Labute approximate surface area is 186 Å². The van der Waals surface area contributed by atoms with E-state index in [2.05, 4.69) is 34.1 Å². The molecule has 1 N–H and O–H groups in total. The van der Waals surface area contributed by atoms with Gasteiger partial charge in [-0.2, -0.15) is 0 Å². The summed E-state index contributed by atoms with van der Waals surface area (Å²) in [6, 6.07) is 5.50. The molecule has 1 unspecified atom stereocenters. The quantitative estimate of drug-likeness (QED) is 0.678. The second kappa shape index (κ2) is 8.18. The number of aromatic nitrogens is 4. The number of fused-ring (bicyclic) bond motifs is 2. The molecule has 0 spiro atoms. The molecule has 32 heavy (non-hydrogen) atoms. The summed E-state index contributed by atoms with van der Waals surface area (Å²) in [6.07, 6.45) is 8.62. The van der Waals surface area contributed by atoms with Crippen molar-refractivity contribution < 1.29 is 14.3 Å². The van der Waals surface area contributed by atoms with E-state index >= 15 is 0 Å². The van der Waals surface area contributed by atoms with Gasteiger partial charge in [0.2, 0.25) is 5.91 Å². The summed E-state index contributed by atoms with van der Waals surface area (Å²) < 4.78 is 11.2. The van der Waals surface area contributed by atoms with Crippen molar-refractivity contribution >= 4 is 5.91 Å². The van der Waals surface area contributed by atoms with Crippen molar-refractivity contribution in [2.75, 3.05) is 13.2 Å². The lowest BCUT2D eigenvalue weighted by Crippen LogP contribution is -2.37. The van der Waals surface area contributed by atoms with E-state index in [-0.39, 0.29) is 23.8 Å². The highest BCUT2D eigenvalue weighted by atomic mass is 16.6. The summed E-state index contributed by atoms with van der Waals surface area (Å²) in [4.78, 5) is 30.6. The van der Waals surface area contributed by atoms with Gasteiger partial charge in [0.05, 0.1) is 24.4 Å². The van der Waals surface area contributed by atoms with Gasteiger partial charge in [0.1, 0.15) is 18.9 Å². The molecular weight excluding hydrogens is 406 g/mol. The summed E-state index contributed by atoms with van der Waals surface area (Å²) in [5, 5.41) is 3.20. The molecule has 1 amide bonds. The Bertz CT molecular complexity index is 1150. The molecule has 0 saturated carbocycles. The van der Waals surface area contributed by atoms with E-state index in [1.54, 1.807) is 18.6 Å². The molecule has 1 aromatic carbocycles.